The molecule has 1 atom stereocenters. The Kier molecular flexibility index (Phi) is 5.08. The molecular formula is C11H11IN2O3. The van der Waals surface area contributed by atoms with E-state index in [0.717, 1.165) is 0 Å². The number of amides is 1. The van der Waals surface area contributed by atoms with Gasteiger partial charge in [-0.15, -0.1) is 6.58 Å². The summed E-state index contributed by atoms with van der Waals surface area (Å²) in [5.74, 6) is -0.247. The summed E-state index contributed by atoms with van der Waals surface area (Å²) in [6.07, 6.45) is 1.73. The van der Waals surface area contributed by atoms with E-state index < -0.39 is 4.92 Å². The molecule has 6 heteroatoms. The molecule has 1 aromatic carbocycles. The van der Waals surface area contributed by atoms with Gasteiger partial charge in [0.25, 0.3) is 11.6 Å². The van der Waals surface area contributed by atoms with Crippen LogP contribution >= 0.6 is 22.6 Å². The normalized spacial score (nSPS) is 11.6. The lowest BCUT2D eigenvalue weighted by atomic mass is 10.2. The second kappa shape index (κ2) is 6.33. The molecule has 0 saturated carbocycles. The molecule has 5 nitrogen and oxygen atoms in total. The van der Waals surface area contributed by atoms with Crippen LogP contribution in [0.2, 0.25) is 0 Å². The van der Waals surface area contributed by atoms with Crippen molar-refractivity contribution in [3.05, 3.63) is 52.6 Å². The lowest BCUT2D eigenvalue weighted by molar-refractivity contribution is -0.384. The zero-order chi connectivity index (χ0) is 12.8. The third-order valence-corrected chi connectivity index (χ3v) is 3.00. The van der Waals surface area contributed by atoms with Gasteiger partial charge in [0.15, 0.2) is 0 Å². The molecule has 0 bridgehead atoms. The number of benzene rings is 1. The standard InChI is InChI=1S/C11H11IN2O3/c1-2-9(12)7-13-11(15)8-3-5-10(6-4-8)14(16)17/h2-6,9H,1,7H2,(H,13,15). The first-order valence-corrected chi connectivity index (χ1v) is 6.08. The molecule has 1 aromatic rings. The summed E-state index contributed by atoms with van der Waals surface area (Å²) in [6.45, 7) is 4.09. The van der Waals surface area contributed by atoms with E-state index in [9.17, 15) is 14.9 Å². The molecule has 90 valence electrons. The van der Waals surface area contributed by atoms with Crippen molar-refractivity contribution in [3.8, 4) is 0 Å². The first kappa shape index (κ1) is 13.6. The Labute approximate surface area is 112 Å². The Morgan fingerprint density at radius 2 is 2.12 bits per heavy atom. The summed E-state index contributed by atoms with van der Waals surface area (Å²) in [5, 5.41) is 13.1. The second-order valence-corrected chi connectivity index (χ2v) is 4.87. The van der Waals surface area contributed by atoms with Crippen LogP contribution in [0, 0.1) is 10.1 Å². The third-order valence-electron chi connectivity index (χ3n) is 2.05. The number of nitrogens with zero attached hydrogens (tertiary/aromatic N) is 1. The van der Waals surface area contributed by atoms with E-state index in [0.29, 0.717) is 12.1 Å². The molecule has 1 amide bonds. The van der Waals surface area contributed by atoms with E-state index in [4.69, 9.17) is 0 Å². The average Bonchev–Trinajstić information content (AvgIpc) is 2.35. The number of hydrogen-bond donors (Lipinski definition) is 1. The fraction of sp³-hybridized carbons (Fsp3) is 0.182. The molecule has 1 unspecified atom stereocenters. The van der Waals surface area contributed by atoms with E-state index in [1.807, 2.05) is 0 Å². The van der Waals surface area contributed by atoms with Gasteiger partial charge in [-0.05, 0) is 12.1 Å². The van der Waals surface area contributed by atoms with Crippen molar-refractivity contribution >= 4 is 34.2 Å². The molecule has 0 spiro atoms. The number of rotatable bonds is 5. The number of non-ortho nitro benzene ring substituents is 1. The quantitative estimate of drug-likeness (QED) is 0.292. The van der Waals surface area contributed by atoms with Crippen molar-refractivity contribution < 1.29 is 9.72 Å². The predicted molar refractivity (Wildman–Crippen MR) is 73.4 cm³/mol. The Hall–Kier alpha value is -1.44. The Morgan fingerprint density at radius 3 is 2.59 bits per heavy atom. The monoisotopic (exact) mass is 346 g/mol. The van der Waals surface area contributed by atoms with Gasteiger partial charge in [-0.25, -0.2) is 0 Å². The minimum Gasteiger partial charge on any atom is -0.351 e. The van der Waals surface area contributed by atoms with E-state index >= 15 is 0 Å². The highest BCUT2D eigenvalue weighted by Crippen LogP contribution is 2.11. The van der Waals surface area contributed by atoms with E-state index in [1.165, 1.54) is 24.3 Å². The fourth-order valence-electron chi connectivity index (χ4n) is 1.11. The van der Waals surface area contributed by atoms with Gasteiger partial charge in [0, 0.05) is 28.2 Å². The number of nitro benzene ring substituents is 1. The van der Waals surface area contributed by atoms with E-state index in [-0.39, 0.29) is 15.5 Å². The van der Waals surface area contributed by atoms with Crippen molar-refractivity contribution in [2.24, 2.45) is 0 Å². The Bertz CT molecular complexity index is 431. The molecule has 0 saturated heterocycles. The van der Waals surface area contributed by atoms with Crippen molar-refractivity contribution in [1.82, 2.24) is 5.32 Å². The van der Waals surface area contributed by atoms with Crippen LogP contribution in [0.25, 0.3) is 0 Å². The van der Waals surface area contributed by atoms with Crippen LogP contribution < -0.4 is 5.32 Å². The molecule has 0 aliphatic rings. The summed E-state index contributed by atoms with van der Waals surface area (Å²) in [6, 6.07) is 5.49. The molecule has 0 radical (unpaired) electrons. The molecular weight excluding hydrogens is 335 g/mol. The van der Waals surface area contributed by atoms with Crippen LogP contribution in [0.3, 0.4) is 0 Å². The zero-order valence-corrected chi connectivity index (χ0v) is 11.1. The van der Waals surface area contributed by atoms with Gasteiger partial charge in [0.2, 0.25) is 0 Å². The maximum absolute atomic E-state index is 11.6. The first-order valence-electron chi connectivity index (χ1n) is 4.84. The maximum Gasteiger partial charge on any atom is 0.269 e. The Morgan fingerprint density at radius 1 is 1.53 bits per heavy atom. The smallest absolute Gasteiger partial charge is 0.269 e. The number of carbonyl (C=O) groups is 1. The highest BCUT2D eigenvalue weighted by Gasteiger charge is 2.09. The van der Waals surface area contributed by atoms with E-state index in [1.54, 1.807) is 6.08 Å². The van der Waals surface area contributed by atoms with Gasteiger partial charge in [-0.3, -0.25) is 14.9 Å². The zero-order valence-electron chi connectivity index (χ0n) is 8.93. The minimum absolute atomic E-state index is 0.0283. The number of halogens is 1. The van der Waals surface area contributed by atoms with Gasteiger partial charge in [0.05, 0.1) is 4.92 Å². The van der Waals surface area contributed by atoms with Gasteiger partial charge >= 0.3 is 0 Å². The number of nitrogens with one attached hydrogen (secondary N) is 1. The molecule has 0 heterocycles. The third kappa shape index (κ3) is 4.14. The molecule has 0 aliphatic carbocycles. The van der Waals surface area contributed by atoms with Crippen molar-refractivity contribution in [3.63, 3.8) is 0 Å². The SMILES string of the molecule is C=CC(I)CNC(=O)c1ccc([N+](=O)[O-])cc1. The predicted octanol–water partition coefficient (Wildman–Crippen LogP) is 2.31. The Balaban J connectivity index is 2.63. The van der Waals surface area contributed by atoms with Crippen LogP contribution in [0.5, 0.6) is 0 Å². The first-order chi connectivity index (χ1) is 8.04. The van der Waals surface area contributed by atoms with Gasteiger partial charge in [-0.2, -0.15) is 0 Å². The van der Waals surface area contributed by atoms with Gasteiger partial charge in [-0.1, -0.05) is 28.7 Å². The molecule has 0 aromatic heterocycles. The van der Waals surface area contributed by atoms with Crippen LogP contribution in [0.4, 0.5) is 5.69 Å². The fourth-order valence-corrected chi connectivity index (χ4v) is 1.33. The lowest BCUT2D eigenvalue weighted by Gasteiger charge is -2.06. The van der Waals surface area contributed by atoms with Crippen LogP contribution in [0.15, 0.2) is 36.9 Å². The number of alkyl halides is 1. The average molecular weight is 346 g/mol. The molecule has 1 N–H and O–H groups in total. The van der Waals surface area contributed by atoms with Gasteiger partial charge in [0.1, 0.15) is 0 Å². The topological polar surface area (TPSA) is 72.2 Å². The highest BCUT2D eigenvalue weighted by molar-refractivity contribution is 14.1. The van der Waals surface area contributed by atoms with Crippen LogP contribution in [-0.4, -0.2) is 21.3 Å². The summed E-state index contributed by atoms with van der Waals surface area (Å²) in [7, 11) is 0. The van der Waals surface area contributed by atoms with Crippen molar-refractivity contribution in [2.75, 3.05) is 6.54 Å². The van der Waals surface area contributed by atoms with E-state index in [2.05, 4.69) is 34.5 Å². The van der Waals surface area contributed by atoms with Gasteiger partial charge < -0.3 is 5.32 Å². The largest absolute Gasteiger partial charge is 0.351 e. The molecule has 0 fully saturated rings. The van der Waals surface area contributed by atoms with Crippen LogP contribution in [0.1, 0.15) is 10.4 Å². The molecule has 17 heavy (non-hydrogen) atoms. The highest BCUT2D eigenvalue weighted by atomic mass is 127. The maximum atomic E-state index is 11.6. The molecule has 1 rings (SSSR count). The summed E-state index contributed by atoms with van der Waals surface area (Å²) in [4.78, 5) is 21.6. The van der Waals surface area contributed by atoms with Crippen LogP contribution in [-0.2, 0) is 0 Å². The minimum atomic E-state index is -0.500. The van der Waals surface area contributed by atoms with Crippen molar-refractivity contribution in [2.45, 2.75) is 3.92 Å². The number of nitro groups is 1. The second-order valence-electron chi connectivity index (χ2n) is 3.27. The molecule has 0 aliphatic heterocycles. The summed E-state index contributed by atoms with van der Waals surface area (Å²) in [5.41, 5.74) is 0.377. The summed E-state index contributed by atoms with van der Waals surface area (Å²) >= 11 is 2.15. The number of hydrogen-bond acceptors (Lipinski definition) is 3. The number of carbonyl (C=O) groups excluding carboxylic acids is 1. The lowest BCUT2D eigenvalue weighted by Crippen LogP contribution is -2.28. The van der Waals surface area contributed by atoms with Crippen molar-refractivity contribution in [1.29, 1.82) is 0 Å². The summed E-state index contributed by atoms with van der Waals surface area (Å²) < 4.78 is 0.162.